The molecule has 0 atom stereocenters. The molecule has 4 nitrogen and oxygen atoms in total. The molecule has 1 fully saturated rings. The van der Waals surface area contributed by atoms with Gasteiger partial charge in [0.15, 0.2) is 0 Å². The van der Waals surface area contributed by atoms with Crippen LogP contribution in [0.5, 0.6) is 0 Å². The lowest BCUT2D eigenvalue weighted by Crippen LogP contribution is -2.48. The molecule has 2 rings (SSSR count). The number of pyridine rings is 1. The van der Waals surface area contributed by atoms with E-state index in [1.54, 1.807) is 12.4 Å². The third-order valence-corrected chi connectivity index (χ3v) is 3.32. The van der Waals surface area contributed by atoms with Crippen LogP contribution in [0, 0.1) is 0 Å². The monoisotopic (exact) mass is 253 g/mol. The Morgan fingerprint density at radius 2 is 2.12 bits per heavy atom. The lowest BCUT2D eigenvalue weighted by Gasteiger charge is -2.36. The largest absolute Gasteiger partial charge is 0.367 e. The molecular weight excluding hydrogens is 238 g/mol. The normalized spacial score (nSPS) is 16.1. The molecule has 92 valence electrons. The first-order valence-electron chi connectivity index (χ1n) is 5.84. The second-order valence-corrected chi connectivity index (χ2v) is 4.46. The van der Waals surface area contributed by atoms with Gasteiger partial charge in [-0.2, -0.15) is 0 Å². The summed E-state index contributed by atoms with van der Waals surface area (Å²) in [7, 11) is 0. The van der Waals surface area contributed by atoms with Crippen LogP contribution in [0.15, 0.2) is 18.5 Å². The van der Waals surface area contributed by atoms with Crippen molar-refractivity contribution in [2.75, 3.05) is 31.1 Å². The second kappa shape index (κ2) is 5.36. The fourth-order valence-corrected chi connectivity index (χ4v) is 2.28. The number of rotatable bonds is 2. The number of nitrogens with zero attached hydrogens (tertiary/aromatic N) is 3. The Hall–Kier alpha value is -1.29. The SMILES string of the molecule is CCC(=O)N1CCN(c2ccncc2Cl)CC1. The van der Waals surface area contributed by atoms with Gasteiger partial charge in [0.1, 0.15) is 0 Å². The average molecular weight is 254 g/mol. The Morgan fingerprint density at radius 3 is 2.71 bits per heavy atom. The summed E-state index contributed by atoms with van der Waals surface area (Å²) in [5.74, 6) is 0.227. The number of carbonyl (C=O) groups is 1. The minimum atomic E-state index is 0.227. The van der Waals surface area contributed by atoms with Crippen molar-refractivity contribution in [3.05, 3.63) is 23.5 Å². The Kier molecular flexibility index (Phi) is 3.84. The first-order valence-corrected chi connectivity index (χ1v) is 6.22. The van der Waals surface area contributed by atoms with Crippen molar-refractivity contribution in [3.63, 3.8) is 0 Å². The van der Waals surface area contributed by atoms with Gasteiger partial charge in [-0.3, -0.25) is 9.78 Å². The van der Waals surface area contributed by atoms with Crippen LogP contribution in [0.25, 0.3) is 0 Å². The van der Waals surface area contributed by atoms with Gasteiger partial charge in [0.25, 0.3) is 0 Å². The van der Waals surface area contributed by atoms with Crippen molar-refractivity contribution in [2.45, 2.75) is 13.3 Å². The van der Waals surface area contributed by atoms with E-state index in [-0.39, 0.29) is 5.91 Å². The molecule has 0 radical (unpaired) electrons. The number of anilines is 1. The van der Waals surface area contributed by atoms with Gasteiger partial charge in [-0.25, -0.2) is 0 Å². The predicted molar refractivity (Wildman–Crippen MR) is 68.3 cm³/mol. The minimum absolute atomic E-state index is 0.227. The summed E-state index contributed by atoms with van der Waals surface area (Å²) >= 11 is 6.10. The number of aromatic nitrogens is 1. The Balaban J connectivity index is 2.00. The average Bonchev–Trinajstić information content (AvgIpc) is 2.39. The molecule has 1 aromatic rings. The van der Waals surface area contributed by atoms with E-state index in [2.05, 4.69) is 9.88 Å². The second-order valence-electron chi connectivity index (χ2n) is 4.05. The highest BCUT2D eigenvalue weighted by Gasteiger charge is 2.21. The van der Waals surface area contributed by atoms with E-state index in [0.29, 0.717) is 11.4 Å². The number of amides is 1. The molecule has 0 unspecified atom stereocenters. The summed E-state index contributed by atoms with van der Waals surface area (Å²) in [6.45, 7) is 5.09. The maximum absolute atomic E-state index is 11.5. The molecule has 17 heavy (non-hydrogen) atoms. The molecule has 1 aromatic heterocycles. The zero-order valence-electron chi connectivity index (χ0n) is 9.90. The van der Waals surface area contributed by atoms with E-state index >= 15 is 0 Å². The maximum Gasteiger partial charge on any atom is 0.222 e. The summed E-state index contributed by atoms with van der Waals surface area (Å²) in [4.78, 5) is 19.6. The number of piperazine rings is 1. The predicted octanol–water partition coefficient (Wildman–Crippen LogP) is 1.79. The summed E-state index contributed by atoms with van der Waals surface area (Å²) in [5, 5.41) is 0.669. The summed E-state index contributed by atoms with van der Waals surface area (Å²) < 4.78 is 0. The van der Waals surface area contributed by atoms with E-state index < -0.39 is 0 Å². The molecule has 1 aliphatic heterocycles. The van der Waals surface area contributed by atoms with Gasteiger partial charge in [0.05, 0.1) is 10.7 Å². The maximum atomic E-state index is 11.5. The van der Waals surface area contributed by atoms with E-state index in [1.807, 2.05) is 17.9 Å². The smallest absolute Gasteiger partial charge is 0.222 e. The first-order chi connectivity index (χ1) is 8.22. The number of hydrogen-bond acceptors (Lipinski definition) is 3. The van der Waals surface area contributed by atoms with Gasteiger partial charge in [-0.15, -0.1) is 0 Å². The topological polar surface area (TPSA) is 36.4 Å². The first kappa shape index (κ1) is 12.2. The standard InChI is InChI=1S/C12H16ClN3O/c1-2-12(17)16-7-5-15(6-8-16)11-3-4-14-9-10(11)13/h3-4,9H,2,5-8H2,1H3. The third kappa shape index (κ3) is 2.69. The van der Waals surface area contributed by atoms with Gasteiger partial charge in [-0.05, 0) is 6.07 Å². The molecule has 0 spiro atoms. The molecule has 1 aliphatic rings. The quantitative estimate of drug-likeness (QED) is 0.806. The van der Waals surface area contributed by atoms with Crippen LogP contribution in [0.3, 0.4) is 0 Å². The van der Waals surface area contributed by atoms with Crippen molar-refractivity contribution < 1.29 is 4.79 Å². The molecule has 0 saturated carbocycles. The van der Waals surface area contributed by atoms with Crippen molar-refractivity contribution >= 4 is 23.2 Å². The molecule has 2 heterocycles. The Labute approximate surface area is 106 Å². The van der Waals surface area contributed by atoms with E-state index in [9.17, 15) is 4.79 Å². The van der Waals surface area contributed by atoms with E-state index in [0.717, 1.165) is 31.9 Å². The Morgan fingerprint density at radius 1 is 1.41 bits per heavy atom. The van der Waals surface area contributed by atoms with E-state index in [1.165, 1.54) is 0 Å². The zero-order chi connectivity index (χ0) is 12.3. The highest BCUT2D eigenvalue weighted by molar-refractivity contribution is 6.33. The van der Waals surface area contributed by atoms with Gasteiger partial charge in [0, 0.05) is 45.0 Å². The molecule has 1 amide bonds. The molecular formula is C12H16ClN3O. The van der Waals surface area contributed by atoms with Crippen LogP contribution in [-0.4, -0.2) is 42.0 Å². The molecule has 5 heteroatoms. The molecule has 1 saturated heterocycles. The molecule has 0 aromatic carbocycles. The molecule has 0 aliphatic carbocycles. The fourth-order valence-electron chi connectivity index (χ4n) is 2.04. The fraction of sp³-hybridized carbons (Fsp3) is 0.500. The van der Waals surface area contributed by atoms with Crippen molar-refractivity contribution in [2.24, 2.45) is 0 Å². The lowest BCUT2D eigenvalue weighted by molar-refractivity contribution is -0.131. The highest BCUT2D eigenvalue weighted by atomic mass is 35.5. The lowest BCUT2D eigenvalue weighted by atomic mass is 10.2. The van der Waals surface area contributed by atoms with Crippen LogP contribution < -0.4 is 4.90 Å². The van der Waals surface area contributed by atoms with Crippen LogP contribution in [0.1, 0.15) is 13.3 Å². The van der Waals surface area contributed by atoms with Crippen molar-refractivity contribution in [1.82, 2.24) is 9.88 Å². The van der Waals surface area contributed by atoms with E-state index in [4.69, 9.17) is 11.6 Å². The summed E-state index contributed by atoms with van der Waals surface area (Å²) in [6, 6.07) is 1.92. The van der Waals surface area contributed by atoms with Crippen molar-refractivity contribution in [1.29, 1.82) is 0 Å². The van der Waals surface area contributed by atoms with Gasteiger partial charge >= 0.3 is 0 Å². The molecule has 0 bridgehead atoms. The summed E-state index contributed by atoms with van der Waals surface area (Å²) in [6.07, 6.45) is 3.97. The van der Waals surface area contributed by atoms with Gasteiger partial charge < -0.3 is 9.80 Å². The van der Waals surface area contributed by atoms with Gasteiger partial charge in [-0.1, -0.05) is 18.5 Å². The van der Waals surface area contributed by atoms with Crippen molar-refractivity contribution in [3.8, 4) is 0 Å². The van der Waals surface area contributed by atoms with Crippen LogP contribution >= 0.6 is 11.6 Å². The number of hydrogen-bond donors (Lipinski definition) is 0. The van der Waals surface area contributed by atoms with Crippen LogP contribution in [-0.2, 0) is 4.79 Å². The Bertz CT molecular complexity index is 402. The van der Waals surface area contributed by atoms with Gasteiger partial charge in [0.2, 0.25) is 5.91 Å². The summed E-state index contributed by atoms with van der Waals surface area (Å²) in [5.41, 5.74) is 1.00. The van der Waals surface area contributed by atoms with Crippen LogP contribution in [0.4, 0.5) is 5.69 Å². The zero-order valence-corrected chi connectivity index (χ0v) is 10.7. The minimum Gasteiger partial charge on any atom is -0.367 e. The third-order valence-electron chi connectivity index (χ3n) is 3.03. The molecule has 0 N–H and O–H groups in total. The number of halogens is 1. The highest BCUT2D eigenvalue weighted by Crippen LogP contribution is 2.25. The van der Waals surface area contributed by atoms with Crippen LogP contribution in [0.2, 0.25) is 5.02 Å². The number of carbonyl (C=O) groups excluding carboxylic acids is 1.